The Balaban J connectivity index is 2.73. The Labute approximate surface area is 93.9 Å². The average molecular weight is 222 g/mol. The predicted molar refractivity (Wildman–Crippen MR) is 64.3 cm³/mol. The first-order chi connectivity index (χ1) is 7.15. The summed E-state index contributed by atoms with van der Waals surface area (Å²) in [6.07, 6.45) is 3.15. The number of aromatic nitrogens is 1. The maximum atomic E-state index is 12.0. The third-order valence-electron chi connectivity index (χ3n) is 2.93. The maximum Gasteiger partial charge on any atom is 0.261 e. The van der Waals surface area contributed by atoms with E-state index in [0.29, 0.717) is 12.1 Å². The highest BCUT2D eigenvalue weighted by Crippen LogP contribution is 2.21. The van der Waals surface area contributed by atoms with Crippen molar-refractivity contribution in [2.24, 2.45) is 5.73 Å². The Morgan fingerprint density at radius 3 is 2.93 bits per heavy atom. The summed E-state index contributed by atoms with van der Waals surface area (Å²) in [7, 11) is 0. The topological polar surface area (TPSA) is 48.0 Å². The molecular formula is C11H14N2OS. The molecule has 0 saturated heterocycles. The first-order valence-corrected chi connectivity index (χ1v) is 5.61. The van der Waals surface area contributed by atoms with Crippen molar-refractivity contribution < 1.29 is 0 Å². The molecule has 0 atom stereocenters. The molecule has 1 aromatic heterocycles. The molecule has 15 heavy (non-hydrogen) atoms. The Morgan fingerprint density at radius 1 is 1.60 bits per heavy atom. The van der Waals surface area contributed by atoms with Gasteiger partial charge >= 0.3 is 0 Å². The van der Waals surface area contributed by atoms with Gasteiger partial charge in [0, 0.05) is 12.2 Å². The molecule has 1 aliphatic rings. The van der Waals surface area contributed by atoms with E-state index in [9.17, 15) is 4.79 Å². The third-order valence-corrected chi connectivity index (χ3v) is 3.15. The van der Waals surface area contributed by atoms with Crippen molar-refractivity contribution in [3.05, 3.63) is 33.2 Å². The second-order valence-corrected chi connectivity index (χ2v) is 4.24. The highest BCUT2D eigenvalue weighted by molar-refractivity contribution is 7.80. The number of hydrogen-bond acceptors (Lipinski definition) is 2. The summed E-state index contributed by atoms with van der Waals surface area (Å²) >= 11 is 4.89. The zero-order chi connectivity index (χ0) is 11.0. The largest absolute Gasteiger partial charge is 0.389 e. The van der Waals surface area contributed by atoms with E-state index in [1.807, 2.05) is 13.0 Å². The standard InChI is InChI=1S/C11H14N2OS/c1-2-13-9-5-3-4-7(9)6-8(10(12)15)11(13)14/h6H,2-5H2,1H3,(H2,12,15). The summed E-state index contributed by atoms with van der Waals surface area (Å²) in [5, 5.41) is 0. The molecule has 0 radical (unpaired) electrons. The highest BCUT2D eigenvalue weighted by atomic mass is 32.1. The molecule has 0 bridgehead atoms. The van der Waals surface area contributed by atoms with Crippen LogP contribution in [0.25, 0.3) is 0 Å². The van der Waals surface area contributed by atoms with Gasteiger partial charge in [0.15, 0.2) is 0 Å². The van der Waals surface area contributed by atoms with E-state index < -0.39 is 0 Å². The molecule has 1 heterocycles. The average Bonchev–Trinajstić information content (AvgIpc) is 2.64. The minimum absolute atomic E-state index is 0.0364. The van der Waals surface area contributed by atoms with Crippen LogP contribution in [-0.4, -0.2) is 9.56 Å². The van der Waals surface area contributed by atoms with Gasteiger partial charge in [0.25, 0.3) is 5.56 Å². The second-order valence-electron chi connectivity index (χ2n) is 3.80. The lowest BCUT2D eigenvalue weighted by molar-refractivity contribution is 0.680. The van der Waals surface area contributed by atoms with Crippen molar-refractivity contribution in [2.75, 3.05) is 0 Å². The fourth-order valence-corrected chi connectivity index (χ4v) is 2.38. The van der Waals surface area contributed by atoms with Crippen LogP contribution in [0.3, 0.4) is 0 Å². The third kappa shape index (κ3) is 1.59. The lowest BCUT2D eigenvalue weighted by Gasteiger charge is -2.11. The van der Waals surface area contributed by atoms with E-state index >= 15 is 0 Å². The summed E-state index contributed by atoms with van der Waals surface area (Å²) in [4.78, 5) is 12.2. The van der Waals surface area contributed by atoms with Crippen LogP contribution in [0.1, 0.15) is 30.2 Å². The molecule has 2 rings (SSSR count). The summed E-state index contributed by atoms with van der Waals surface area (Å²) < 4.78 is 1.80. The van der Waals surface area contributed by atoms with E-state index in [1.54, 1.807) is 4.57 Å². The zero-order valence-electron chi connectivity index (χ0n) is 8.75. The Hall–Kier alpha value is -1.16. The molecule has 0 spiro atoms. The number of nitrogens with zero attached hydrogens (tertiary/aromatic N) is 1. The van der Waals surface area contributed by atoms with Crippen molar-refractivity contribution >= 4 is 17.2 Å². The number of rotatable bonds is 2. The lowest BCUT2D eigenvalue weighted by Crippen LogP contribution is -2.30. The number of thiocarbonyl (C=S) groups is 1. The summed E-state index contributed by atoms with van der Waals surface area (Å²) in [6.45, 7) is 2.67. The fraction of sp³-hybridized carbons (Fsp3) is 0.455. The number of nitrogens with two attached hydrogens (primary N) is 1. The second kappa shape index (κ2) is 3.77. The number of fused-ring (bicyclic) bond motifs is 1. The van der Waals surface area contributed by atoms with E-state index in [4.69, 9.17) is 18.0 Å². The van der Waals surface area contributed by atoms with Crippen molar-refractivity contribution in [1.29, 1.82) is 0 Å². The van der Waals surface area contributed by atoms with Gasteiger partial charge < -0.3 is 10.3 Å². The number of aryl methyl sites for hydroxylation is 1. The molecular weight excluding hydrogens is 208 g/mol. The molecule has 1 aliphatic carbocycles. The Bertz CT molecular complexity index is 476. The molecule has 80 valence electrons. The van der Waals surface area contributed by atoms with E-state index in [-0.39, 0.29) is 10.5 Å². The monoisotopic (exact) mass is 222 g/mol. The van der Waals surface area contributed by atoms with Gasteiger partial charge in [0.1, 0.15) is 4.99 Å². The van der Waals surface area contributed by atoms with Crippen molar-refractivity contribution in [3.8, 4) is 0 Å². The fourth-order valence-electron chi connectivity index (χ4n) is 2.23. The SMILES string of the molecule is CCn1c2c(cc(C(N)=S)c1=O)CCC2. The maximum absolute atomic E-state index is 12.0. The Morgan fingerprint density at radius 2 is 2.33 bits per heavy atom. The summed E-state index contributed by atoms with van der Waals surface area (Å²) in [5.41, 5.74) is 8.41. The van der Waals surface area contributed by atoms with Crippen molar-refractivity contribution in [1.82, 2.24) is 4.57 Å². The van der Waals surface area contributed by atoms with Crippen molar-refractivity contribution in [2.45, 2.75) is 32.7 Å². The van der Waals surface area contributed by atoms with Gasteiger partial charge in [-0.25, -0.2) is 0 Å². The van der Waals surface area contributed by atoms with E-state index in [2.05, 4.69) is 0 Å². The molecule has 0 saturated carbocycles. The molecule has 0 aliphatic heterocycles. The Kier molecular flexibility index (Phi) is 2.61. The van der Waals surface area contributed by atoms with Gasteiger partial charge in [-0.2, -0.15) is 0 Å². The molecule has 0 fully saturated rings. The highest BCUT2D eigenvalue weighted by Gasteiger charge is 2.18. The summed E-state index contributed by atoms with van der Waals surface area (Å²) in [5.74, 6) is 0. The van der Waals surface area contributed by atoms with Gasteiger partial charge in [-0.3, -0.25) is 4.79 Å². The van der Waals surface area contributed by atoms with Crippen LogP contribution in [0.2, 0.25) is 0 Å². The minimum atomic E-state index is -0.0364. The van der Waals surface area contributed by atoms with E-state index in [0.717, 1.165) is 19.3 Å². The molecule has 1 aromatic rings. The van der Waals surface area contributed by atoms with Gasteiger partial charge in [0.2, 0.25) is 0 Å². The first kappa shape index (κ1) is 10.4. The molecule has 0 aromatic carbocycles. The van der Waals surface area contributed by atoms with Crippen LogP contribution in [-0.2, 0) is 19.4 Å². The smallest absolute Gasteiger partial charge is 0.261 e. The molecule has 0 unspecified atom stereocenters. The molecule has 0 amide bonds. The van der Waals surface area contributed by atoms with Gasteiger partial charge in [-0.15, -0.1) is 0 Å². The van der Waals surface area contributed by atoms with Crippen LogP contribution in [0.5, 0.6) is 0 Å². The van der Waals surface area contributed by atoms with Crippen LogP contribution < -0.4 is 11.3 Å². The number of pyridine rings is 1. The van der Waals surface area contributed by atoms with Crippen molar-refractivity contribution in [3.63, 3.8) is 0 Å². The lowest BCUT2D eigenvalue weighted by atomic mass is 10.1. The molecule has 3 nitrogen and oxygen atoms in total. The molecule has 4 heteroatoms. The first-order valence-electron chi connectivity index (χ1n) is 5.20. The predicted octanol–water partition coefficient (Wildman–Crippen LogP) is 0.991. The van der Waals surface area contributed by atoms with Crippen LogP contribution in [0, 0.1) is 0 Å². The zero-order valence-corrected chi connectivity index (χ0v) is 9.56. The van der Waals surface area contributed by atoms with Crippen LogP contribution >= 0.6 is 12.2 Å². The quantitative estimate of drug-likeness (QED) is 0.759. The van der Waals surface area contributed by atoms with Crippen LogP contribution in [0.15, 0.2) is 10.9 Å². The van der Waals surface area contributed by atoms with Gasteiger partial charge in [-0.1, -0.05) is 12.2 Å². The van der Waals surface area contributed by atoms with Gasteiger partial charge in [0.05, 0.1) is 5.56 Å². The normalized spacial score (nSPS) is 13.9. The van der Waals surface area contributed by atoms with Crippen LogP contribution in [0.4, 0.5) is 0 Å². The number of hydrogen-bond donors (Lipinski definition) is 1. The van der Waals surface area contributed by atoms with E-state index in [1.165, 1.54) is 11.3 Å². The minimum Gasteiger partial charge on any atom is -0.389 e. The summed E-state index contributed by atoms with van der Waals surface area (Å²) in [6, 6.07) is 1.87. The molecule has 2 N–H and O–H groups in total. The van der Waals surface area contributed by atoms with Gasteiger partial charge in [-0.05, 0) is 37.8 Å².